The van der Waals surface area contributed by atoms with Gasteiger partial charge in [0.2, 0.25) is 0 Å². The summed E-state index contributed by atoms with van der Waals surface area (Å²) in [6.07, 6.45) is 1.49. The van der Waals surface area contributed by atoms with E-state index >= 15 is 0 Å². The van der Waals surface area contributed by atoms with E-state index in [0.717, 1.165) is 36.3 Å². The summed E-state index contributed by atoms with van der Waals surface area (Å²) < 4.78 is 5.28. The maximum atomic E-state index is 14.1. The van der Waals surface area contributed by atoms with Crippen molar-refractivity contribution in [3.63, 3.8) is 0 Å². The van der Waals surface area contributed by atoms with E-state index in [1.807, 2.05) is 60.7 Å². The molecule has 0 radical (unpaired) electrons. The van der Waals surface area contributed by atoms with Crippen molar-refractivity contribution in [2.45, 2.75) is 64.3 Å². The van der Waals surface area contributed by atoms with Crippen LogP contribution in [0.2, 0.25) is 0 Å². The van der Waals surface area contributed by atoms with Gasteiger partial charge < -0.3 is 20.1 Å². The van der Waals surface area contributed by atoms with Crippen LogP contribution in [0.25, 0.3) is 11.1 Å². The van der Waals surface area contributed by atoms with Crippen LogP contribution >= 0.6 is 0 Å². The minimum Gasteiger partial charge on any atom is -0.511 e. The predicted octanol–water partition coefficient (Wildman–Crippen LogP) is 5.39. The van der Waals surface area contributed by atoms with E-state index in [2.05, 4.69) is 34.5 Å². The first-order valence-electron chi connectivity index (χ1n) is 15.2. The molecule has 2 aliphatic heterocycles. The average molecular weight is 596 g/mol. The van der Waals surface area contributed by atoms with Crippen molar-refractivity contribution in [2.75, 3.05) is 19.6 Å². The number of amides is 2. The SMILES string of the molecule is CC(C)(C)OC(=O)CNC(=O)C1=C(O)CC2(CCN(Cc3ccccc3)CC2)N(Cc2ccc(-c3ccccc3)cc2)C1=O. The molecule has 1 saturated heterocycles. The number of rotatable bonds is 8. The number of carbonyl (C=O) groups is 3. The summed E-state index contributed by atoms with van der Waals surface area (Å²) in [5, 5.41) is 13.7. The summed E-state index contributed by atoms with van der Waals surface area (Å²) in [7, 11) is 0. The molecular weight excluding hydrogens is 554 g/mol. The van der Waals surface area contributed by atoms with Crippen molar-refractivity contribution in [2.24, 2.45) is 0 Å². The minimum atomic E-state index is -0.779. The van der Waals surface area contributed by atoms with Crippen LogP contribution in [0.1, 0.15) is 51.2 Å². The Kier molecular flexibility index (Phi) is 9.20. The zero-order valence-electron chi connectivity index (χ0n) is 25.7. The molecule has 230 valence electrons. The molecule has 5 rings (SSSR count). The third-order valence-electron chi connectivity index (χ3n) is 8.29. The van der Waals surface area contributed by atoms with E-state index in [-0.39, 0.29) is 17.8 Å². The first kappa shape index (κ1) is 31.0. The Hall–Kier alpha value is -4.43. The molecule has 2 heterocycles. The Bertz CT molecular complexity index is 1500. The van der Waals surface area contributed by atoms with Gasteiger partial charge in [-0.05, 0) is 55.9 Å². The third kappa shape index (κ3) is 7.37. The van der Waals surface area contributed by atoms with Gasteiger partial charge in [0.25, 0.3) is 11.8 Å². The van der Waals surface area contributed by atoms with Gasteiger partial charge in [-0.15, -0.1) is 0 Å². The van der Waals surface area contributed by atoms with Gasteiger partial charge in [0, 0.05) is 32.6 Å². The fourth-order valence-electron chi connectivity index (χ4n) is 6.09. The van der Waals surface area contributed by atoms with E-state index < -0.39 is 35.5 Å². The molecule has 0 aromatic heterocycles. The Morgan fingerprint density at radius 3 is 2.02 bits per heavy atom. The number of benzene rings is 3. The molecule has 0 saturated carbocycles. The van der Waals surface area contributed by atoms with Crippen molar-refractivity contribution in [3.8, 4) is 11.1 Å². The van der Waals surface area contributed by atoms with Gasteiger partial charge in [0.1, 0.15) is 23.5 Å². The van der Waals surface area contributed by atoms with Crippen LogP contribution in [0, 0.1) is 0 Å². The summed E-state index contributed by atoms with van der Waals surface area (Å²) >= 11 is 0. The van der Waals surface area contributed by atoms with Crippen LogP contribution in [0.5, 0.6) is 0 Å². The second-order valence-electron chi connectivity index (χ2n) is 12.7. The van der Waals surface area contributed by atoms with Crippen LogP contribution in [0.4, 0.5) is 0 Å². The zero-order valence-corrected chi connectivity index (χ0v) is 25.7. The largest absolute Gasteiger partial charge is 0.511 e. The number of piperidine rings is 1. The molecule has 0 bridgehead atoms. The van der Waals surface area contributed by atoms with E-state index in [9.17, 15) is 19.5 Å². The molecule has 2 N–H and O–H groups in total. The second kappa shape index (κ2) is 13.1. The number of aliphatic hydroxyl groups excluding tert-OH is 1. The molecule has 2 aliphatic rings. The highest BCUT2D eigenvalue weighted by molar-refractivity contribution is 6.19. The number of hydrogen-bond acceptors (Lipinski definition) is 6. The molecule has 0 unspecified atom stereocenters. The average Bonchev–Trinajstić information content (AvgIpc) is 3.00. The maximum Gasteiger partial charge on any atom is 0.325 e. The highest BCUT2D eigenvalue weighted by atomic mass is 16.6. The van der Waals surface area contributed by atoms with E-state index in [1.54, 1.807) is 25.7 Å². The number of hydrogen-bond donors (Lipinski definition) is 2. The van der Waals surface area contributed by atoms with E-state index in [1.165, 1.54) is 5.56 Å². The monoisotopic (exact) mass is 595 g/mol. The van der Waals surface area contributed by atoms with Gasteiger partial charge in [-0.3, -0.25) is 19.3 Å². The minimum absolute atomic E-state index is 0.176. The van der Waals surface area contributed by atoms with Crippen molar-refractivity contribution >= 4 is 17.8 Å². The van der Waals surface area contributed by atoms with Crippen LogP contribution in [-0.4, -0.2) is 63.5 Å². The van der Waals surface area contributed by atoms with Crippen molar-refractivity contribution in [1.29, 1.82) is 0 Å². The van der Waals surface area contributed by atoms with Gasteiger partial charge in [-0.1, -0.05) is 84.9 Å². The summed E-state index contributed by atoms with van der Waals surface area (Å²) in [6.45, 7) is 7.41. The van der Waals surface area contributed by atoms with Gasteiger partial charge in [0.05, 0.1) is 5.54 Å². The van der Waals surface area contributed by atoms with Crippen molar-refractivity contribution in [3.05, 3.63) is 107 Å². The number of ether oxygens (including phenoxy) is 1. The Morgan fingerprint density at radius 1 is 0.841 bits per heavy atom. The highest BCUT2D eigenvalue weighted by Gasteiger charge is 2.49. The number of aliphatic hydroxyl groups is 1. The maximum absolute atomic E-state index is 14.1. The lowest BCUT2D eigenvalue weighted by molar-refractivity contribution is -0.154. The quantitative estimate of drug-likeness (QED) is 0.268. The molecule has 0 aliphatic carbocycles. The van der Waals surface area contributed by atoms with Crippen LogP contribution in [-0.2, 0) is 32.2 Å². The highest BCUT2D eigenvalue weighted by Crippen LogP contribution is 2.41. The van der Waals surface area contributed by atoms with Gasteiger partial charge >= 0.3 is 5.97 Å². The van der Waals surface area contributed by atoms with Gasteiger partial charge in [0.15, 0.2) is 0 Å². The van der Waals surface area contributed by atoms with Crippen molar-refractivity contribution < 1.29 is 24.2 Å². The number of esters is 1. The van der Waals surface area contributed by atoms with Gasteiger partial charge in [-0.2, -0.15) is 0 Å². The standard InChI is InChI=1S/C36H41N3O5/c1-35(2,3)44-31(41)23-37-33(42)32-30(40)22-36(18-20-38(21-19-36)24-26-10-6-4-7-11-26)39(34(32)43)25-27-14-16-29(17-15-27)28-12-8-5-9-13-28/h4-17,40H,18-25H2,1-3H3,(H,37,42). The number of nitrogens with zero attached hydrogens (tertiary/aromatic N) is 2. The zero-order chi connectivity index (χ0) is 31.3. The molecule has 3 aromatic carbocycles. The fourth-order valence-corrected chi connectivity index (χ4v) is 6.09. The predicted molar refractivity (Wildman–Crippen MR) is 169 cm³/mol. The third-order valence-corrected chi connectivity index (χ3v) is 8.29. The number of carbonyl (C=O) groups excluding carboxylic acids is 3. The van der Waals surface area contributed by atoms with Gasteiger partial charge in [-0.25, -0.2) is 0 Å². The van der Waals surface area contributed by atoms with E-state index in [4.69, 9.17) is 4.74 Å². The summed E-state index contributed by atoms with van der Waals surface area (Å²) in [5.41, 5.74) is 2.67. The molecule has 8 heteroatoms. The Labute approximate surface area is 259 Å². The molecule has 8 nitrogen and oxygen atoms in total. The summed E-state index contributed by atoms with van der Waals surface area (Å²) in [6, 6.07) is 28.5. The number of likely N-dealkylation sites (tertiary alicyclic amines) is 1. The van der Waals surface area contributed by atoms with Crippen LogP contribution < -0.4 is 5.32 Å². The smallest absolute Gasteiger partial charge is 0.325 e. The van der Waals surface area contributed by atoms with Crippen LogP contribution in [0.15, 0.2) is 96.3 Å². The fraction of sp³-hybridized carbons (Fsp3) is 0.361. The lowest BCUT2D eigenvalue weighted by Gasteiger charge is -2.51. The normalized spacial score (nSPS) is 17.1. The Balaban J connectivity index is 1.37. The first-order chi connectivity index (χ1) is 21.0. The first-order valence-corrected chi connectivity index (χ1v) is 15.2. The topological polar surface area (TPSA) is 99.2 Å². The molecule has 2 amide bonds. The molecule has 1 spiro atoms. The molecule has 1 fully saturated rings. The van der Waals surface area contributed by atoms with E-state index in [0.29, 0.717) is 19.4 Å². The molecule has 44 heavy (non-hydrogen) atoms. The molecule has 3 aromatic rings. The number of nitrogens with one attached hydrogen (secondary N) is 1. The lowest BCUT2D eigenvalue weighted by Crippen LogP contribution is -2.60. The van der Waals surface area contributed by atoms with Crippen LogP contribution in [0.3, 0.4) is 0 Å². The lowest BCUT2D eigenvalue weighted by atomic mass is 9.77. The van der Waals surface area contributed by atoms with Crippen molar-refractivity contribution in [1.82, 2.24) is 15.1 Å². The summed E-state index contributed by atoms with van der Waals surface area (Å²) in [5.74, 6) is -2.16. The molecule has 0 atom stereocenters. The second-order valence-corrected chi connectivity index (χ2v) is 12.7. The Morgan fingerprint density at radius 2 is 1.41 bits per heavy atom. The summed E-state index contributed by atoms with van der Waals surface area (Å²) in [4.78, 5) is 43.7. The molecular formula is C36H41N3O5.